The molecule has 3 aromatic rings. The van der Waals surface area contributed by atoms with Crippen LogP contribution in [0, 0.1) is 0 Å². The van der Waals surface area contributed by atoms with Gasteiger partial charge in [-0.1, -0.05) is 18.2 Å². The molecular formula is C24H27N3O4S. The molecule has 0 amide bonds. The fraction of sp³-hybridized carbons (Fsp3) is 0.417. The van der Waals surface area contributed by atoms with Gasteiger partial charge in [-0.15, -0.1) is 0 Å². The third-order valence-electron chi connectivity index (χ3n) is 6.75. The zero-order valence-corrected chi connectivity index (χ0v) is 18.6. The number of aromatic nitrogens is 1. The van der Waals surface area contributed by atoms with Gasteiger partial charge in [-0.25, -0.2) is 13.1 Å². The molecule has 0 unspecified atom stereocenters. The molecule has 7 nitrogen and oxygen atoms in total. The average molecular weight is 454 g/mol. The van der Waals surface area contributed by atoms with E-state index in [0.29, 0.717) is 13.2 Å². The van der Waals surface area contributed by atoms with Gasteiger partial charge in [0, 0.05) is 36.2 Å². The van der Waals surface area contributed by atoms with E-state index < -0.39 is 10.0 Å². The number of hydrogen-bond acceptors (Lipinski definition) is 5. The zero-order valence-electron chi connectivity index (χ0n) is 17.8. The van der Waals surface area contributed by atoms with Crippen molar-refractivity contribution in [2.45, 2.75) is 43.1 Å². The number of likely N-dealkylation sites (tertiary alicyclic amines) is 1. The Bertz CT molecular complexity index is 1250. The SMILES string of the molecule is O=S(=O)(N[C@H]1CCN(Cc2cccc3[nH]ccc23)[C@@H]1c1ccc2c(c1)OCCO2)C1CC1. The van der Waals surface area contributed by atoms with Gasteiger partial charge in [0.15, 0.2) is 11.5 Å². The van der Waals surface area contributed by atoms with Gasteiger partial charge in [0.1, 0.15) is 13.2 Å². The molecule has 3 aliphatic rings. The van der Waals surface area contributed by atoms with Crippen LogP contribution >= 0.6 is 0 Å². The van der Waals surface area contributed by atoms with E-state index in [4.69, 9.17) is 9.47 Å². The second kappa shape index (κ2) is 7.79. The van der Waals surface area contributed by atoms with Crippen LogP contribution in [0.1, 0.15) is 36.4 Å². The second-order valence-electron chi connectivity index (χ2n) is 8.93. The summed E-state index contributed by atoms with van der Waals surface area (Å²) >= 11 is 0. The van der Waals surface area contributed by atoms with Crippen molar-refractivity contribution in [3.8, 4) is 11.5 Å². The summed E-state index contributed by atoms with van der Waals surface area (Å²) in [4.78, 5) is 5.66. The number of nitrogens with one attached hydrogen (secondary N) is 2. The van der Waals surface area contributed by atoms with E-state index in [2.05, 4.69) is 38.9 Å². The Morgan fingerprint density at radius 2 is 1.88 bits per heavy atom. The quantitative estimate of drug-likeness (QED) is 0.598. The molecular weight excluding hydrogens is 426 g/mol. The second-order valence-corrected chi connectivity index (χ2v) is 10.9. The number of ether oxygens (including phenoxy) is 2. The molecule has 1 aliphatic carbocycles. The largest absolute Gasteiger partial charge is 0.486 e. The van der Waals surface area contributed by atoms with Gasteiger partial charge >= 0.3 is 0 Å². The van der Waals surface area contributed by atoms with Gasteiger partial charge in [-0.05, 0) is 54.7 Å². The Kier molecular flexibility index (Phi) is 4.89. The first-order valence-corrected chi connectivity index (χ1v) is 12.8. The molecule has 32 heavy (non-hydrogen) atoms. The average Bonchev–Trinajstić information content (AvgIpc) is 3.44. The molecule has 2 aromatic carbocycles. The fourth-order valence-electron chi connectivity index (χ4n) is 5.04. The Hall–Kier alpha value is -2.55. The minimum atomic E-state index is -3.29. The van der Waals surface area contributed by atoms with Crippen LogP contribution in [-0.4, -0.2) is 49.4 Å². The number of sulfonamides is 1. The summed E-state index contributed by atoms with van der Waals surface area (Å²) in [7, 11) is -3.29. The van der Waals surface area contributed by atoms with Gasteiger partial charge in [0.25, 0.3) is 0 Å². The minimum Gasteiger partial charge on any atom is -0.486 e. The van der Waals surface area contributed by atoms with Crippen molar-refractivity contribution in [1.82, 2.24) is 14.6 Å². The van der Waals surface area contributed by atoms with Crippen molar-refractivity contribution < 1.29 is 17.9 Å². The minimum absolute atomic E-state index is 0.0754. The fourth-order valence-corrected chi connectivity index (χ4v) is 6.65. The van der Waals surface area contributed by atoms with Crippen molar-refractivity contribution in [3.05, 3.63) is 59.8 Å². The Labute approximate surface area is 187 Å². The predicted molar refractivity (Wildman–Crippen MR) is 122 cm³/mol. The van der Waals surface area contributed by atoms with Crippen molar-refractivity contribution in [2.75, 3.05) is 19.8 Å². The summed E-state index contributed by atoms with van der Waals surface area (Å²) in [5, 5.41) is 0.974. The first-order chi connectivity index (χ1) is 15.6. The smallest absolute Gasteiger partial charge is 0.214 e. The number of H-pyrrole nitrogens is 1. The molecule has 2 aliphatic heterocycles. The first kappa shape index (κ1) is 20.1. The Morgan fingerprint density at radius 3 is 2.72 bits per heavy atom. The summed E-state index contributed by atoms with van der Waals surface area (Å²) in [5.74, 6) is 1.48. The predicted octanol–water partition coefficient (Wildman–Crippen LogP) is 3.34. The molecule has 8 heteroatoms. The molecule has 3 heterocycles. The molecule has 1 aromatic heterocycles. The van der Waals surface area contributed by atoms with Crippen LogP contribution in [0.25, 0.3) is 10.9 Å². The highest BCUT2D eigenvalue weighted by atomic mass is 32.2. The molecule has 6 rings (SSSR count). The van der Waals surface area contributed by atoms with Crippen LogP contribution in [-0.2, 0) is 16.6 Å². The highest BCUT2D eigenvalue weighted by molar-refractivity contribution is 7.90. The van der Waals surface area contributed by atoms with Crippen LogP contribution in [0.2, 0.25) is 0 Å². The van der Waals surface area contributed by atoms with Crippen molar-refractivity contribution in [3.63, 3.8) is 0 Å². The van der Waals surface area contributed by atoms with Gasteiger partial charge in [0.05, 0.1) is 11.3 Å². The van der Waals surface area contributed by atoms with Crippen LogP contribution in [0.3, 0.4) is 0 Å². The highest BCUT2D eigenvalue weighted by Crippen LogP contribution is 2.40. The standard InChI is InChI=1S/C24H27N3O4S/c28-32(29,18-5-6-18)26-21-9-11-27(15-17-2-1-3-20-19(17)8-10-25-20)24(21)16-4-7-22-23(14-16)31-13-12-30-22/h1-4,7-8,10,14,18,21,24-26H,5-6,9,11-13,15H2/t21-,24+/m0/s1. The van der Waals surface area contributed by atoms with Crippen molar-refractivity contribution >= 4 is 20.9 Å². The van der Waals surface area contributed by atoms with E-state index >= 15 is 0 Å². The number of fused-ring (bicyclic) bond motifs is 2. The number of hydrogen-bond donors (Lipinski definition) is 2. The lowest BCUT2D eigenvalue weighted by atomic mass is 9.99. The number of benzene rings is 2. The first-order valence-electron chi connectivity index (χ1n) is 11.3. The van der Waals surface area contributed by atoms with Gasteiger partial charge in [-0.3, -0.25) is 4.90 Å². The molecule has 1 saturated heterocycles. The van der Waals surface area contributed by atoms with E-state index in [0.717, 1.165) is 54.9 Å². The van der Waals surface area contributed by atoms with Crippen LogP contribution < -0.4 is 14.2 Å². The van der Waals surface area contributed by atoms with E-state index in [1.54, 1.807) is 0 Å². The summed E-state index contributed by atoms with van der Waals surface area (Å²) in [5.41, 5.74) is 3.40. The molecule has 2 atom stereocenters. The van der Waals surface area contributed by atoms with E-state index in [-0.39, 0.29) is 17.3 Å². The number of aromatic amines is 1. The molecule has 1 saturated carbocycles. The lowest BCUT2D eigenvalue weighted by molar-refractivity contribution is 0.170. The maximum atomic E-state index is 12.8. The van der Waals surface area contributed by atoms with Crippen molar-refractivity contribution in [1.29, 1.82) is 0 Å². The molecule has 2 fully saturated rings. The number of rotatable bonds is 6. The van der Waals surface area contributed by atoms with E-state index in [9.17, 15) is 8.42 Å². The normalized spacial score (nSPS) is 23.6. The highest BCUT2D eigenvalue weighted by Gasteiger charge is 2.42. The summed E-state index contributed by atoms with van der Waals surface area (Å²) < 4.78 is 40.1. The monoisotopic (exact) mass is 453 g/mol. The van der Waals surface area contributed by atoms with E-state index in [1.807, 2.05) is 24.4 Å². The molecule has 168 valence electrons. The molecule has 0 radical (unpaired) electrons. The molecule has 0 bridgehead atoms. The van der Waals surface area contributed by atoms with Gasteiger partial charge < -0.3 is 14.5 Å². The van der Waals surface area contributed by atoms with Crippen molar-refractivity contribution in [2.24, 2.45) is 0 Å². The van der Waals surface area contributed by atoms with Crippen LogP contribution in [0.15, 0.2) is 48.7 Å². The zero-order chi connectivity index (χ0) is 21.7. The maximum absolute atomic E-state index is 12.8. The summed E-state index contributed by atoms with van der Waals surface area (Å²) in [6.45, 7) is 2.64. The lowest BCUT2D eigenvalue weighted by Gasteiger charge is -2.30. The Morgan fingerprint density at radius 1 is 1.03 bits per heavy atom. The van der Waals surface area contributed by atoms with Crippen LogP contribution in [0.4, 0.5) is 0 Å². The van der Waals surface area contributed by atoms with E-state index in [1.165, 1.54) is 10.9 Å². The number of nitrogens with zero attached hydrogens (tertiary/aromatic N) is 1. The Balaban J connectivity index is 1.35. The molecule has 2 N–H and O–H groups in total. The maximum Gasteiger partial charge on any atom is 0.214 e. The lowest BCUT2D eigenvalue weighted by Crippen LogP contribution is -2.41. The van der Waals surface area contributed by atoms with Crippen LogP contribution in [0.5, 0.6) is 11.5 Å². The summed E-state index contributed by atoms with van der Waals surface area (Å²) in [6, 6.07) is 14.2. The summed E-state index contributed by atoms with van der Waals surface area (Å²) in [6.07, 6.45) is 4.25. The topological polar surface area (TPSA) is 83.7 Å². The molecule has 0 spiro atoms. The third kappa shape index (κ3) is 3.66. The van der Waals surface area contributed by atoms with Gasteiger partial charge in [-0.2, -0.15) is 0 Å². The third-order valence-corrected chi connectivity index (χ3v) is 8.73. The van der Waals surface area contributed by atoms with Gasteiger partial charge in [0.2, 0.25) is 10.0 Å².